The summed E-state index contributed by atoms with van der Waals surface area (Å²) in [5.41, 5.74) is 1.37. The number of hydrogen-bond donors (Lipinski definition) is 1. The Bertz CT molecular complexity index is 465. The van der Waals surface area contributed by atoms with E-state index < -0.39 is 5.97 Å². The number of para-hydroxylation sites is 1. The van der Waals surface area contributed by atoms with Crippen LogP contribution < -0.4 is 0 Å². The Morgan fingerprint density at radius 1 is 1.33 bits per heavy atom. The zero-order valence-corrected chi connectivity index (χ0v) is 7.87. The summed E-state index contributed by atoms with van der Waals surface area (Å²) in [5, 5.41) is 16.2. The number of carboxylic acid groups (broad SMARTS) is 1. The topological polar surface area (TPSA) is 68.0 Å². The molecule has 0 amide bonds. The number of hydrogen-bond acceptors (Lipinski definition) is 3. The van der Waals surface area contributed by atoms with E-state index in [0.29, 0.717) is 5.69 Å². The number of carbonyl (C=O) groups is 1. The fourth-order valence-electron chi connectivity index (χ4n) is 1.32. The third kappa shape index (κ3) is 2.01. The van der Waals surface area contributed by atoms with Gasteiger partial charge in [-0.2, -0.15) is 0 Å². The van der Waals surface area contributed by atoms with Crippen molar-refractivity contribution in [3.8, 4) is 5.69 Å². The SMILES string of the molecule is O=C(O)Cc1cnnn1-c1ccccc1. The zero-order valence-electron chi connectivity index (χ0n) is 7.87. The van der Waals surface area contributed by atoms with Gasteiger partial charge in [-0.15, -0.1) is 5.10 Å². The average Bonchev–Trinajstić information content (AvgIpc) is 2.66. The van der Waals surface area contributed by atoms with Gasteiger partial charge in [0.2, 0.25) is 0 Å². The van der Waals surface area contributed by atoms with Gasteiger partial charge in [-0.1, -0.05) is 23.4 Å². The van der Waals surface area contributed by atoms with Gasteiger partial charge in [0.25, 0.3) is 0 Å². The predicted octanol–water partition coefficient (Wildman–Crippen LogP) is 0.894. The third-order valence-electron chi connectivity index (χ3n) is 1.95. The normalized spacial score (nSPS) is 10.1. The van der Waals surface area contributed by atoms with Gasteiger partial charge in [0.15, 0.2) is 0 Å². The maximum atomic E-state index is 10.6. The van der Waals surface area contributed by atoms with Crippen LogP contribution in [0.15, 0.2) is 36.5 Å². The van der Waals surface area contributed by atoms with E-state index >= 15 is 0 Å². The van der Waals surface area contributed by atoms with Crippen molar-refractivity contribution in [1.82, 2.24) is 15.0 Å². The summed E-state index contributed by atoms with van der Waals surface area (Å²) < 4.78 is 1.52. The molecule has 15 heavy (non-hydrogen) atoms. The average molecular weight is 203 g/mol. The molecule has 1 N–H and O–H groups in total. The Hall–Kier alpha value is -2.17. The monoisotopic (exact) mass is 203 g/mol. The largest absolute Gasteiger partial charge is 0.481 e. The summed E-state index contributed by atoms with van der Waals surface area (Å²) >= 11 is 0. The fourth-order valence-corrected chi connectivity index (χ4v) is 1.32. The third-order valence-corrected chi connectivity index (χ3v) is 1.95. The number of aromatic nitrogens is 3. The predicted molar refractivity (Wildman–Crippen MR) is 52.7 cm³/mol. The van der Waals surface area contributed by atoms with E-state index in [0.717, 1.165) is 5.69 Å². The molecule has 0 bridgehead atoms. The van der Waals surface area contributed by atoms with Crippen LogP contribution in [-0.4, -0.2) is 26.1 Å². The first-order valence-electron chi connectivity index (χ1n) is 4.44. The van der Waals surface area contributed by atoms with Crippen molar-refractivity contribution in [1.29, 1.82) is 0 Å². The van der Waals surface area contributed by atoms with Crippen LogP contribution in [-0.2, 0) is 11.2 Å². The van der Waals surface area contributed by atoms with Crippen molar-refractivity contribution in [2.75, 3.05) is 0 Å². The van der Waals surface area contributed by atoms with E-state index in [9.17, 15) is 4.79 Å². The molecule has 1 aromatic carbocycles. The molecule has 0 aliphatic carbocycles. The standard InChI is InChI=1S/C10H9N3O2/c14-10(15)6-9-7-11-12-13(9)8-4-2-1-3-5-8/h1-5,7H,6H2,(H,14,15). The number of nitrogens with zero attached hydrogens (tertiary/aromatic N) is 3. The van der Waals surface area contributed by atoms with Crippen molar-refractivity contribution in [3.05, 3.63) is 42.2 Å². The van der Waals surface area contributed by atoms with Crippen LogP contribution in [0.25, 0.3) is 5.69 Å². The van der Waals surface area contributed by atoms with Crippen molar-refractivity contribution < 1.29 is 9.90 Å². The first-order chi connectivity index (χ1) is 7.27. The maximum absolute atomic E-state index is 10.6. The number of aliphatic carboxylic acids is 1. The number of benzene rings is 1. The van der Waals surface area contributed by atoms with Gasteiger partial charge in [-0.25, -0.2) is 4.68 Å². The molecular formula is C10H9N3O2. The second-order valence-corrected chi connectivity index (χ2v) is 3.04. The smallest absolute Gasteiger partial charge is 0.309 e. The van der Waals surface area contributed by atoms with Crippen LogP contribution >= 0.6 is 0 Å². The fraction of sp³-hybridized carbons (Fsp3) is 0.100. The van der Waals surface area contributed by atoms with E-state index in [1.54, 1.807) is 0 Å². The molecule has 0 radical (unpaired) electrons. The lowest BCUT2D eigenvalue weighted by atomic mass is 10.3. The van der Waals surface area contributed by atoms with Gasteiger partial charge in [0, 0.05) is 0 Å². The number of rotatable bonds is 3. The Kier molecular flexibility index (Phi) is 2.45. The molecule has 1 heterocycles. The van der Waals surface area contributed by atoms with Gasteiger partial charge in [0.1, 0.15) is 0 Å². The molecule has 5 nitrogen and oxygen atoms in total. The van der Waals surface area contributed by atoms with E-state index in [-0.39, 0.29) is 6.42 Å². The van der Waals surface area contributed by atoms with Gasteiger partial charge >= 0.3 is 5.97 Å². The summed E-state index contributed by atoms with van der Waals surface area (Å²) in [6.07, 6.45) is 1.38. The highest BCUT2D eigenvalue weighted by Crippen LogP contribution is 2.08. The molecule has 0 saturated carbocycles. The molecule has 0 atom stereocenters. The molecule has 0 aliphatic rings. The molecule has 76 valence electrons. The molecule has 0 spiro atoms. The summed E-state index contributed by atoms with van der Waals surface area (Å²) in [7, 11) is 0. The van der Waals surface area contributed by atoms with Crippen molar-refractivity contribution in [3.63, 3.8) is 0 Å². The molecular weight excluding hydrogens is 194 g/mol. The van der Waals surface area contributed by atoms with Crippen LogP contribution in [0.3, 0.4) is 0 Å². The van der Waals surface area contributed by atoms with Crippen molar-refractivity contribution in [2.24, 2.45) is 0 Å². The van der Waals surface area contributed by atoms with Crippen LogP contribution in [0.5, 0.6) is 0 Å². The molecule has 2 aromatic rings. The first kappa shape index (κ1) is 9.39. The summed E-state index contributed by atoms with van der Waals surface area (Å²) in [5.74, 6) is -0.894. The van der Waals surface area contributed by atoms with E-state index in [4.69, 9.17) is 5.11 Å². The highest BCUT2D eigenvalue weighted by atomic mass is 16.4. The highest BCUT2D eigenvalue weighted by molar-refractivity contribution is 5.69. The van der Waals surface area contributed by atoms with Gasteiger partial charge in [-0.3, -0.25) is 4.79 Å². The number of carboxylic acids is 1. The molecule has 0 fully saturated rings. The van der Waals surface area contributed by atoms with Gasteiger partial charge in [-0.05, 0) is 12.1 Å². The Balaban J connectivity index is 2.37. The minimum absolute atomic E-state index is 0.0815. The second-order valence-electron chi connectivity index (χ2n) is 3.04. The minimum atomic E-state index is -0.894. The second kappa shape index (κ2) is 3.91. The summed E-state index contributed by atoms with van der Waals surface area (Å²) in [4.78, 5) is 10.6. The zero-order chi connectivity index (χ0) is 10.7. The maximum Gasteiger partial charge on any atom is 0.309 e. The summed E-state index contributed by atoms with van der Waals surface area (Å²) in [6.45, 7) is 0. The molecule has 0 unspecified atom stereocenters. The molecule has 5 heteroatoms. The minimum Gasteiger partial charge on any atom is -0.481 e. The highest BCUT2D eigenvalue weighted by Gasteiger charge is 2.08. The van der Waals surface area contributed by atoms with E-state index in [1.165, 1.54) is 10.9 Å². The molecule has 0 aliphatic heterocycles. The Labute approximate surface area is 86.0 Å². The van der Waals surface area contributed by atoms with Crippen molar-refractivity contribution in [2.45, 2.75) is 6.42 Å². The Morgan fingerprint density at radius 3 is 2.73 bits per heavy atom. The quantitative estimate of drug-likeness (QED) is 0.804. The lowest BCUT2D eigenvalue weighted by Crippen LogP contribution is -2.07. The van der Waals surface area contributed by atoms with Crippen molar-refractivity contribution >= 4 is 5.97 Å². The van der Waals surface area contributed by atoms with Crippen LogP contribution in [0, 0.1) is 0 Å². The molecule has 0 saturated heterocycles. The van der Waals surface area contributed by atoms with E-state index in [2.05, 4.69) is 10.3 Å². The van der Waals surface area contributed by atoms with Crippen LogP contribution in [0.2, 0.25) is 0 Å². The lowest BCUT2D eigenvalue weighted by Gasteiger charge is -2.03. The van der Waals surface area contributed by atoms with Gasteiger partial charge in [0.05, 0.1) is 24.0 Å². The summed E-state index contributed by atoms with van der Waals surface area (Å²) in [6, 6.07) is 9.31. The molecule has 2 rings (SSSR count). The van der Waals surface area contributed by atoms with Crippen LogP contribution in [0.4, 0.5) is 0 Å². The van der Waals surface area contributed by atoms with Gasteiger partial charge < -0.3 is 5.11 Å². The molecule has 1 aromatic heterocycles. The first-order valence-corrected chi connectivity index (χ1v) is 4.44. The van der Waals surface area contributed by atoms with E-state index in [1.807, 2.05) is 30.3 Å². The lowest BCUT2D eigenvalue weighted by molar-refractivity contribution is -0.136. The Morgan fingerprint density at radius 2 is 2.07 bits per heavy atom. The van der Waals surface area contributed by atoms with Crippen LogP contribution in [0.1, 0.15) is 5.69 Å².